The average Bonchev–Trinajstić information content (AvgIpc) is 2.97. The van der Waals surface area contributed by atoms with Crippen molar-refractivity contribution in [2.24, 2.45) is 0 Å². The summed E-state index contributed by atoms with van der Waals surface area (Å²) in [5.41, 5.74) is 0.675. The van der Waals surface area contributed by atoms with Crippen LogP contribution in [0.2, 0.25) is 0 Å². The first kappa shape index (κ1) is 17.0. The Hall–Kier alpha value is -1.83. The molecule has 3 heterocycles. The first-order valence-electron chi connectivity index (χ1n) is 8.05. The zero-order valence-electron chi connectivity index (χ0n) is 13.7. The number of furan rings is 1. The van der Waals surface area contributed by atoms with Crippen LogP contribution in [0.1, 0.15) is 43.1 Å². The molecule has 0 spiro atoms. The molecule has 2 aromatic rings. The third-order valence-electron chi connectivity index (χ3n) is 4.32. The Morgan fingerprint density at radius 3 is 2.62 bits per heavy atom. The number of likely N-dealkylation sites (tertiary alicyclic amines) is 1. The Labute approximate surface area is 137 Å². The van der Waals surface area contributed by atoms with Gasteiger partial charge in [-0.2, -0.15) is 13.2 Å². The fourth-order valence-electron chi connectivity index (χ4n) is 3.17. The fraction of sp³-hybridized carbons (Fsp3) is 0.625. The van der Waals surface area contributed by atoms with Crippen LogP contribution in [0.5, 0.6) is 0 Å². The van der Waals surface area contributed by atoms with Gasteiger partial charge in [0.25, 0.3) is 5.89 Å². The molecule has 3 rings (SSSR count). The molecule has 0 saturated carbocycles. The molecule has 1 fully saturated rings. The predicted octanol–water partition coefficient (Wildman–Crippen LogP) is 4.25. The van der Waals surface area contributed by atoms with E-state index in [9.17, 15) is 13.2 Å². The Morgan fingerprint density at radius 1 is 1.17 bits per heavy atom. The van der Waals surface area contributed by atoms with Crippen molar-refractivity contribution in [3.05, 3.63) is 23.5 Å². The highest BCUT2D eigenvalue weighted by molar-refractivity contribution is 5.55. The molecule has 0 bridgehead atoms. The van der Waals surface area contributed by atoms with Crippen molar-refractivity contribution in [1.29, 1.82) is 0 Å². The second-order valence-corrected chi connectivity index (χ2v) is 6.21. The third kappa shape index (κ3) is 3.63. The molecule has 8 heteroatoms. The highest BCUT2D eigenvalue weighted by atomic mass is 19.4. The van der Waals surface area contributed by atoms with Crippen LogP contribution >= 0.6 is 0 Å². The molecule has 1 aliphatic heterocycles. The van der Waals surface area contributed by atoms with Crippen molar-refractivity contribution in [3.63, 3.8) is 0 Å². The van der Waals surface area contributed by atoms with Gasteiger partial charge in [0, 0.05) is 0 Å². The molecule has 24 heavy (non-hydrogen) atoms. The van der Waals surface area contributed by atoms with E-state index in [4.69, 9.17) is 8.83 Å². The molecule has 1 saturated heterocycles. The highest BCUT2D eigenvalue weighted by Gasteiger charge is 2.44. The first-order chi connectivity index (χ1) is 11.3. The van der Waals surface area contributed by atoms with Gasteiger partial charge in [-0.25, -0.2) is 0 Å². The predicted molar refractivity (Wildman–Crippen MR) is 80.2 cm³/mol. The minimum Gasteiger partial charge on any atom is -0.466 e. The van der Waals surface area contributed by atoms with Crippen LogP contribution in [0.15, 0.2) is 14.9 Å². The Kier molecular flexibility index (Phi) is 4.67. The van der Waals surface area contributed by atoms with Crippen LogP contribution in [-0.4, -0.2) is 33.9 Å². The second kappa shape index (κ2) is 6.58. The molecular weight excluding hydrogens is 323 g/mol. The van der Waals surface area contributed by atoms with Crippen molar-refractivity contribution in [2.45, 2.75) is 58.3 Å². The zero-order chi connectivity index (χ0) is 17.3. The van der Waals surface area contributed by atoms with Crippen LogP contribution in [0.4, 0.5) is 13.2 Å². The summed E-state index contributed by atoms with van der Waals surface area (Å²) in [6.07, 6.45) is -1.99. The lowest BCUT2D eigenvalue weighted by atomic mass is 10.1. The maximum absolute atomic E-state index is 13.3. The molecule has 1 unspecified atom stereocenters. The van der Waals surface area contributed by atoms with Crippen LogP contribution in [0.3, 0.4) is 0 Å². The molecule has 0 aromatic carbocycles. The van der Waals surface area contributed by atoms with Crippen LogP contribution in [-0.2, 0) is 6.54 Å². The minimum absolute atomic E-state index is 0.00700. The summed E-state index contributed by atoms with van der Waals surface area (Å²) >= 11 is 0. The maximum Gasteiger partial charge on any atom is 0.404 e. The van der Waals surface area contributed by atoms with E-state index in [-0.39, 0.29) is 24.7 Å². The standard InChI is InChI=1S/C16H20F3N3O2/c1-10-8-12(11(2)23-10)15-21-20-14(24-15)9-22-7-5-3-4-6-13(22)16(17,18)19/h8,13H,3-7,9H2,1-2H3. The van der Waals surface area contributed by atoms with Gasteiger partial charge in [0.15, 0.2) is 0 Å². The zero-order valence-corrected chi connectivity index (χ0v) is 13.7. The molecule has 1 aliphatic rings. The van der Waals surface area contributed by atoms with Crippen molar-refractivity contribution < 1.29 is 22.0 Å². The SMILES string of the molecule is Cc1cc(-c2nnc(CN3CCCCCC3C(F)(F)F)o2)c(C)o1. The summed E-state index contributed by atoms with van der Waals surface area (Å²) in [7, 11) is 0. The van der Waals surface area contributed by atoms with Crippen molar-refractivity contribution in [1.82, 2.24) is 15.1 Å². The van der Waals surface area contributed by atoms with E-state index in [2.05, 4.69) is 10.2 Å². The summed E-state index contributed by atoms with van der Waals surface area (Å²) in [5, 5.41) is 7.87. The third-order valence-corrected chi connectivity index (χ3v) is 4.32. The minimum atomic E-state index is -4.24. The van der Waals surface area contributed by atoms with E-state index in [1.807, 2.05) is 0 Å². The van der Waals surface area contributed by atoms with E-state index in [1.165, 1.54) is 4.90 Å². The van der Waals surface area contributed by atoms with E-state index in [0.29, 0.717) is 30.0 Å². The van der Waals surface area contributed by atoms with Gasteiger partial charge in [-0.05, 0) is 39.3 Å². The van der Waals surface area contributed by atoms with Gasteiger partial charge in [0.2, 0.25) is 5.89 Å². The van der Waals surface area contributed by atoms with Gasteiger partial charge in [-0.1, -0.05) is 12.8 Å². The van der Waals surface area contributed by atoms with Gasteiger partial charge in [0.1, 0.15) is 17.6 Å². The largest absolute Gasteiger partial charge is 0.466 e. The number of rotatable bonds is 3. The highest BCUT2D eigenvalue weighted by Crippen LogP contribution is 2.32. The Balaban J connectivity index is 1.78. The molecule has 2 aromatic heterocycles. The lowest BCUT2D eigenvalue weighted by molar-refractivity contribution is -0.186. The summed E-state index contributed by atoms with van der Waals surface area (Å²) in [5.74, 6) is 1.83. The van der Waals surface area contributed by atoms with Crippen molar-refractivity contribution >= 4 is 0 Å². The molecular formula is C16H20F3N3O2. The van der Waals surface area contributed by atoms with Gasteiger partial charge >= 0.3 is 6.18 Å². The fourth-order valence-corrected chi connectivity index (χ4v) is 3.17. The van der Waals surface area contributed by atoms with Crippen LogP contribution < -0.4 is 0 Å². The molecule has 5 nitrogen and oxygen atoms in total. The summed E-state index contributed by atoms with van der Waals surface area (Å²) in [6.45, 7) is 3.97. The smallest absolute Gasteiger partial charge is 0.404 e. The number of aromatic nitrogens is 2. The van der Waals surface area contributed by atoms with E-state index in [0.717, 1.165) is 12.8 Å². The Bertz CT molecular complexity index is 693. The molecule has 0 amide bonds. The number of aryl methyl sites for hydroxylation is 2. The first-order valence-corrected chi connectivity index (χ1v) is 8.05. The molecule has 0 radical (unpaired) electrons. The number of nitrogens with zero attached hydrogens (tertiary/aromatic N) is 3. The number of hydrogen-bond donors (Lipinski definition) is 0. The van der Waals surface area contributed by atoms with Crippen LogP contribution in [0.25, 0.3) is 11.5 Å². The Morgan fingerprint density at radius 2 is 1.96 bits per heavy atom. The summed E-state index contributed by atoms with van der Waals surface area (Å²) in [4.78, 5) is 1.40. The maximum atomic E-state index is 13.3. The van der Waals surface area contributed by atoms with E-state index >= 15 is 0 Å². The normalized spacial score (nSPS) is 20.3. The van der Waals surface area contributed by atoms with E-state index < -0.39 is 12.2 Å². The average molecular weight is 343 g/mol. The number of alkyl halides is 3. The molecule has 0 N–H and O–H groups in total. The van der Waals surface area contributed by atoms with Crippen LogP contribution in [0, 0.1) is 13.8 Å². The topological polar surface area (TPSA) is 55.3 Å². The lowest BCUT2D eigenvalue weighted by Gasteiger charge is -2.30. The molecule has 132 valence electrons. The summed E-state index contributed by atoms with van der Waals surface area (Å²) in [6, 6.07) is 0.324. The quantitative estimate of drug-likeness (QED) is 0.834. The van der Waals surface area contributed by atoms with Crippen molar-refractivity contribution in [2.75, 3.05) is 6.54 Å². The molecule has 1 atom stereocenters. The van der Waals surface area contributed by atoms with E-state index in [1.54, 1.807) is 19.9 Å². The lowest BCUT2D eigenvalue weighted by Crippen LogP contribution is -2.44. The van der Waals surface area contributed by atoms with Gasteiger partial charge in [-0.15, -0.1) is 10.2 Å². The number of halogens is 3. The monoisotopic (exact) mass is 343 g/mol. The second-order valence-electron chi connectivity index (χ2n) is 6.21. The van der Waals surface area contributed by atoms with Gasteiger partial charge in [-0.3, -0.25) is 4.90 Å². The van der Waals surface area contributed by atoms with Gasteiger partial charge in [0.05, 0.1) is 12.1 Å². The van der Waals surface area contributed by atoms with Crippen molar-refractivity contribution in [3.8, 4) is 11.5 Å². The summed E-state index contributed by atoms with van der Waals surface area (Å²) < 4.78 is 50.8. The molecule has 0 aliphatic carbocycles. The van der Waals surface area contributed by atoms with Gasteiger partial charge < -0.3 is 8.83 Å². The number of hydrogen-bond acceptors (Lipinski definition) is 5.